The average Bonchev–Trinajstić information content (AvgIpc) is 3.70. The Balaban J connectivity index is 1.79. The number of halogens is 1. The fourth-order valence-electron chi connectivity index (χ4n) is 4.33. The van der Waals surface area contributed by atoms with E-state index in [2.05, 4.69) is 62.1 Å². The molecule has 0 bridgehead atoms. The van der Waals surface area contributed by atoms with E-state index in [0.29, 0.717) is 39.3 Å². The summed E-state index contributed by atoms with van der Waals surface area (Å²) in [5.41, 5.74) is 5.59. The van der Waals surface area contributed by atoms with Gasteiger partial charge < -0.3 is 14.9 Å². The Bertz CT molecular complexity index is 1760. The van der Waals surface area contributed by atoms with E-state index in [4.69, 9.17) is 0 Å². The maximum Gasteiger partial charge on any atom is 0.180 e. The molecule has 4 aromatic rings. The summed E-state index contributed by atoms with van der Waals surface area (Å²) < 4.78 is 18.2. The van der Waals surface area contributed by atoms with Crippen LogP contribution in [-0.4, -0.2) is 34.7 Å². The van der Waals surface area contributed by atoms with Crippen molar-refractivity contribution in [3.8, 4) is 17.2 Å². The molecule has 0 atom stereocenters. The van der Waals surface area contributed by atoms with E-state index < -0.39 is 5.83 Å². The van der Waals surface area contributed by atoms with Crippen molar-refractivity contribution in [2.45, 2.75) is 47.0 Å². The molecule has 4 aromatic heterocycles. The van der Waals surface area contributed by atoms with Gasteiger partial charge in [0.1, 0.15) is 17.0 Å². The van der Waals surface area contributed by atoms with Gasteiger partial charge in [-0.15, -0.1) is 0 Å². The Labute approximate surface area is 233 Å². The fourth-order valence-corrected chi connectivity index (χ4v) is 4.33. The maximum absolute atomic E-state index is 16.3. The van der Waals surface area contributed by atoms with Crippen molar-refractivity contribution in [1.82, 2.24) is 40.0 Å². The number of H-pyrrole nitrogens is 2. The number of allylic oxidation sites excluding steroid dienone is 6. The molecule has 0 aliphatic carbocycles. The van der Waals surface area contributed by atoms with Gasteiger partial charge >= 0.3 is 0 Å². The first-order valence-electron chi connectivity index (χ1n) is 13.2. The van der Waals surface area contributed by atoms with Gasteiger partial charge in [-0.2, -0.15) is 5.10 Å². The molecular weight excluding hydrogens is 503 g/mol. The molecule has 206 valence electrons. The normalized spacial score (nSPS) is 13.6. The Hall–Kier alpha value is -4.79. The van der Waals surface area contributed by atoms with E-state index in [1.165, 1.54) is 0 Å². The van der Waals surface area contributed by atoms with Crippen LogP contribution in [0.2, 0.25) is 0 Å². The summed E-state index contributed by atoms with van der Waals surface area (Å²) in [6.45, 7) is 19.8. The Morgan fingerprint density at radius 3 is 2.67 bits per heavy atom. The van der Waals surface area contributed by atoms with Crippen molar-refractivity contribution in [1.29, 1.82) is 0 Å². The summed E-state index contributed by atoms with van der Waals surface area (Å²) in [5.74, 6) is -0.138. The first-order chi connectivity index (χ1) is 19.3. The number of aromatic amines is 2. The maximum atomic E-state index is 16.3. The predicted molar refractivity (Wildman–Crippen MR) is 160 cm³/mol. The number of nitrogens with one attached hydrogen (secondary N) is 3. The van der Waals surface area contributed by atoms with Crippen LogP contribution in [-0.2, 0) is 0 Å². The van der Waals surface area contributed by atoms with Crippen LogP contribution in [0.15, 0.2) is 85.3 Å². The predicted octanol–water partition coefficient (Wildman–Crippen LogP) is 5.59. The summed E-state index contributed by atoms with van der Waals surface area (Å²) in [5, 5.41) is 11.4. The Morgan fingerprint density at radius 2 is 2.02 bits per heavy atom. The second kappa shape index (κ2) is 12.4. The highest BCUT2D eigenvalue weighted by molar-refractivity contribution is 5.84. The minimum atomic E-state index is -0.520. The Morgan fingerprint density at radius 1 is 1.23 bits per heavy atom. The van der Waals surface area contributed by atoms with E-state index in [1.54, 1.807) is 24.7 Å². The molecule has 0 spiro atoms. The van der Waals surface area contributed by atoms with Crippen molar-refractivity contribution in [2.75, 3.05) is 0 Å². The molecule has 0 unspecified atom stereocenters. The lowest BCUT2D eigenvalue weighted by Gasteiger charge is -2.12. The number of aryl methyl sites for hydroxylation is 1. The van der Waals surface area contributed by atoms with Gasteiger partial charge in [0.15, 0.2) is 11.5 Å². The Kier molecular flexibility index (Phi) is 8.73. The number of hydrogen-bond acceptors (Lipinski definition) is 5. The minimum Gasteiger partial charge on any atom is -0.359 e. The third-order valence-electron chi connectivity index (χ3n) is 6.50. The average molecular weight is 539 g/mol. The molecular formula is C31H35FN8. The quantitative estimate of drug-likeness (QED) is 0.216. The minimum absolute atomic E-state index is 0.206. The topological polar surface area (TPSA) is 100 Å². The lowest BCUT2D eigenvalue weighted by molar-refractivity contribution is 0.748. The summed E-state index contributed by atoms with van der Waals surface area (Å²) in [6.07, 6.45) is 15.3. The standard InChI is InChI=1S/C31H35FN8/c1-8-12-13-19(5)35-23(10-3)16-22(9-2)21(7)27(32)26-24(11-4)38-39-29(26)31-36-28-25(14-15-33-30(28)37-31)40-17-20(6)34-18-40/h9-11,14-18,35,38H,3,5,7-8,12-13H2,1-2,4,6H3,(H,33,36,37)/b22-9+,23-16+,24-11+,27-26-. The van der Waals surface area contributed by atoms with Crippen molar-refractivity contribution in [3.05, 3.63) is 102 Å². The summed E-state index contributed by atoms with van der Waals surface area (Å²) in [7, 11) is 0. The van der Waals surface area contributed by atoms with E-state index in [1.807, 2.05) is 49.8 Å². The zero-order valence-corrected chi connectivity index (χ0v) is 23.5. The largest absolute Gasteiger partial charge is 0.359 e. The van der Waals surface area contributed by atoms with Crippen molar-refractivity contribution < 1.29 is 4.39 Å². The molecule has 0 saturated heterocycles. The van der Waals surface area contributed by atoms with Crippen molar-refractivity contribution in [3.63, 3.8) is 0 Å². The number of rotatable bonds is 11. The van der Waals surface area contributed by atoms with Gasteiger partial charge in [0.05, 0.1) is 28.3 Å². The molecule has 4 heterocycles. The number of pyridine rings is 1. The molecule has 0 aromatic carbocycles. The third kappa shape index (κ3) is 5.78. The van der Waals surface area contributed by atoms with Gasteiger partial charge in [0, 0.05) is 29.4 Å². The first-order valence-corrected chi connectivity index (χ1v) is 13.2. The number of nitrogens with zero attached hydrogens (tertiary/aromatic N) is 5. The second-order valence-electron chi connectivity index (χ2n) is 9.36. The number of aromatic nitrogens is 7. The zero-order chi connectivity index (χ0) is 28.8. The van der Waals surface area contributed by atoms with Crippen molar-refractivity contribution in [2.24, 2.45) is 0 Å². The third-order valence-corrected chi connectivity index (χ3v) is 6.50. The van der Waals surface area contributed by atoms with E-state index in [0.717, 1.165) is 36.3 Å². The molecule has 0 radical (unpaired) electrons. The zero-order valence-electron chi connectivity index (χ0n) is 23.5. The van der Waals surface area contributed by atoms with Crippen LogP contribution >= 0.6 is 0 Å². The second-order valence-corrected chi connectivity index (χ2v) is 9.36. The first kappa shape index (κ1) is 28.2. The van der Waals surface area contributed by atoms with Gasteiger partial charge in [-0.05, 0) is 57.4 Å². The van der Waals surface area contributed by atoms with Gasteiger partial charge in [-0.3, -0.25) is 5.10 Å². The van der Waals surface area contributed by atoms with Crippen LogP contribution in [0.25, 0.3) is 40.3 Å². The van der Waals surface area contributed by atoms with Gasteiger partial charge in [-0.25, -0.2) is 19.3 Å². The highest BCUT2D eigenvalue weighted by Crippen LogP contribution is 2.24. The molecule has 9 heteroatoms. The lowest BCUT2D eigenvalue weighted by atomic mass is 10.0. The van der Waals surface area contributed by atoms with Crippen LogP contribution in [0.3, 0.4) is 0 Å². The SMILES string of the molecule is C=C/C(=C\C(=C/C)C(=C)/C(F)=c1/c(-c2nc3nccc(-n4cnc(C)c4)c3[nH]2)n[nH]/c1=C/C)NC(=C)CCCC. The fraction of sp³-hybridized carbons (Fsp3) is 0.226. The van der Waals surface area contributed by atoms with Gasteiger partial charge in [0.25, 0.3) is 0 Å². The number of hydrogen-bond donors (Lipinski definition) is 3. The molecule has 0 saturated carbocycles. The van der Waals surface area contributed by atoms with E-state index >= 15 is 4.39 Å². The molecule has 0 aliphatic heterocycles. The molecule has 8 nitrogen and oxygen atoms in total. The molecule has 40 heavy (non-hydrogen) atoms. The number of unbranched alkanes of at least 4 members (excludes halogenated alkanes) is 1. The number of fused-ring (bicyclic) bond motifs is 1. The van der Waals surface area contributed by atoms with E-state index in [-0.39, 0.29) is 10.8 Å². The molecule has 4 rings (SSSR count). The molecule has 0 fully saturated rings. The molecule has 3 N–H and O–H groups in total. The summed E-state index contributed by atoms with van der Waals surface area (Å²) in [6, 6.07) is 1.86. The lowest BCUT2D eigenvalue weighted by Crippen LogP contribution is -2.26. The van der Waals surface area contributed by atoms with Crippen LogP contribution in [0.1, 0.15) is 45.7 Å². The van der Waals surface area contributed by atoms with Crippen LogP contribution in [0, 0.1) is 6.92 Å². The van der Waals surface area contributed by atoms with Crippen molar-refractivity contribution >= 4 is 23.1 Å². The van der Waals surface area contributed by atoms with Crippen LogP contribution in [0.4, 0.5) is 4.39 Å². The summed E-state index contributed by atoms with van der Waals surface area (Å²) >= 11 is 0. The molecule has 0 amide bonds. The monoisotopic (exact) mass is 538 g/mol. The number of imidazole rings is 2. The van der Waals surface area contributed by atoms with Crippen LogP contribution in [0.5, 0.6) is 0 Å². The summed E-state index contributed by atoms with van der Waals surface area (Å²) in [4.78, 5) is 16.7. The van der Waals surface area contributed by atoms with E-state index in [9.17, 15) is 0 Å². The molecule has 0 aliphatic rings. The van der Waals surface area contributed by atoms with Gasteiger partial charge in [-0.1, -0.05) is 45.2 Å². The highest BCUT2D eigenvalue weighted by atomic mass is 19.1. The highest BCUT2D eigenvalue weighted by Gasteiger charge is 2.18. The smallest absolute Gasteiger partial charge is 0.180 e. The van der Waals surface area contributed by atoms with Crippen LogP contribution < -0.4 is 15.9 Å². The van der Waals surface area contributed by atoms with Gasteiger partial charge in [0.2, 0.25) is 0 Å².